The molecule has 1 aliphatic rings. The number of ether oxygens (including phenoxy) is 1. The second-order valence-electron chi connectivity index (χ2n) is 5.46. The van der Waals surface area contributed by atoms with Crippen molar-refractivity contribution in [2.24, 2.45) is 5.92 Å². The van der Waals surface area contributed by atoms with Crippen molar-refractivity contribution in [1.82, 2.24) is 15.5 Å². The Bertz CT molecular complexity index is 621. The van der Waals surface area contributed by atoms with Crippen LogP contribution in [0.3, 0.4) is 0 Å². The Morgan fingerprint density at radius 1 is 1.48 bits per heavy atom. The summed E-state index contributed by atoms with van der Waals surface area (Å²) < 4.78 is 5.39. The number of benzene rings is 1. The van der Waals surface area contributed by atoms with Gasteiger partial charge in [0.25, 0.3) is 5.91 Å². The van der Waals surface area contributed by atoms with Crippen LogP contribution in [0.1, 0.15) is 23.3 Å². The molecule has 1 aliphatic carbocycles. The highest BCUT2D eigenvalue weighted by Crippen LogP contribution is 2.28. The Hall–Kier alpha value is -1.92. The Labute approximate surface area is 122 Å². The Morgan fingerprint density at radius 2 is 2.29 bits per heavy atom. The summed E-state index contributed by atoms with van der Waals surface area (Å²) in [5, 5.41) is 20.1. The number of rotatable bonds is 7. The van der Waals surface area contributed by atoms with Gasteiger partial charge in [-0.25, -0.2) is 0 Å². The van der Waals surface area contributed by atoms with E-state index in [0.717, 1.165) is 10.9 Å². The van der Waals surface area contributed by atoms with E-state index in [1.807, 2.05) is 24.3 Å². The van der Waals surface area contributed by atoms with Crippen LogP contribution >= 0.6 is 0 Å². The van der Waals surface area contributed by atoms with Crippen molar-refractivity contribution in [2.45, 2.75) is 18.9 Å². The van der Waals surface area contributed by atoms with Crippen molar-refractivity contribution in [2.75, 3.05) is 19.8 Å². The SMILES string of the molecule is O=C(NCC(O)COCC1CC1)c1n[nH]c2ccccc12. The number of para-hydroxylation sites is 1. The number of nitrogens with zero attached hydrogens (tertiary/aromatic N) is 1. The van der Waals surface area contributed by atoms with Gasteiger partial charge in [0.2, 0.25) is 0 Å². The van der Waals surface area contributed by atoms with Gasteiger partial charge in [0.15, 0.2) is 5.69 Å². The maximum absolute atomic E-state index is 12.1. The van der Waals surface area contributed by atoms with Crippen molar-refractivity contribution in [1.29, 1.82) is 0 Å². The molecule has 0 aliphatic heterocycles. The second-order valence-corrected chi connectivity index (χ2v) is 5.46. The number of hydrogen-bond donors (Lipinski definition) is 3. The molecule has 1 fully saturated rings. The first-order chi connectivity index (χ1) is 10.2. The number of nitrogens with one attached hydrogen (secondary N) is 2. The summed E-state index contributed by atoms with van der Waals surface area (Å²) in [6, 6.07) is 7.43. The first-order valence-electron chi connectivity index (χ1n) is 7.21. The molecule has 2 aromatic rings. The highest BCUT2D eigenvalue weighted by atomic mass is 16.5. The van der Waals surface area contributed by atoms with Crippen molar-refractivity contribution in [3.63, 3.8) is 0 Å². The average molecular weight is 289 g/mol. The van der Waals surface area contributed by atoms with E-state index in [0.29, 0.717) is 18.2 Å². The largest absolute Gasteiger partial charge is 0.389 e. The number of carbonyl (C=O) groups excluding carboxylic acids is 1. The quantitative estimate of drug-likeness (QED) is 0.712. The van der Waals surface area contributed by atoms with Gasteiger partial charge in [0, 0.05) is 18.5 Å². The Kier molecular flexibility index (Phi) is 4.17. The molecule has 0 radical (unpaired) electrons. The molecule has 1 aromatic heterocycles. The molecule has 1 saturated carbocycles. The fourth-order valence-corrected chi connectivity index (χ4v) is 2.14. The third kappa shape index (κ3) is 3.59. The fraction of sp³-hybridized carbons (Fsp3) is 0.467. The predicted molar refractivity (Wildman–Crippen MR) is 78.0 cm³/mol. The zero-order valence-electron chi connectivity index (χ0n) is 11.7. The summed E-state index contributed by atoms with van der Waals surface area (Å²) >= 11 is 0. The molecule has 6 heteroatoms. The Balaban J connectivity index is 1.49. The lowest BCUT2D eigenvalue weighted by Crippen LogP contribution is -2.35. The van der Waals surface area contributed by atoms with E-state index in [-0.39, 0.29) is 19.1 Å². The lowest BCUT2D eigenvalue weighted by molar-refractivity contribution is 0.0320. The van der Waals surface area contributed by atoms with Crippen molar-refractivity contribution < 1.29 is 14.6 Å². The zero-order valence-corrected chi connectivity index (χ0v) is 11.7. The van der Waals surface area contributed by atoms with Gasteiger partial charge in [-0.3, -0.25) is 9.89 Å². The molecule has 0 spiro atoms. The minimum absolute atomic E-state index is 0.157. The lowest BCUT2D eigenvalue weighted by atomic mass is 10.2. The monoisotopic (exact) mass is 289 g/mol. The summed E-state index contributed by atoms with van der Waals surface area (Å²) in [5.41, 5.74) is 1.16. The zero-order chi connectivity index (χ0) is 14.7. The summed E-state index contributed by atoms with van der Waals surface area (Å²) in [7, 11) is 0. The van der Waals surface area contributed by atoms with Gasteiger partial charge in [-0.2, -0.15) is 5.10 Å². The second kappa shape index (κ2) is 6.24. The lowest BCUT2D eigenvalue weighted by Gasteiger charge is -2.11. The van der Waals surface area contributed by atoms with Gasteiger partial charge in [-0.1, -0.05) is 18.2 Å². The summed E-state index contributed by atoms with van der Waals surface area (Å²) in [6.45, 7) is 1.11. The van der Waals surface area contributed by atoms with Crippen LogP contribution in [0.5, 0.6) is 0 Å². The van der Waals surface area contributed by atoms with E-state index in [2.05, 4.69) is 15.5 Å². The fourth-order valence-electron chi connectivity index (χ4n) is 2.14. The molecule has 1 atom stereocenters. The maximum atomic E-state index is 12.1. The molecule has 1 unspecified atom stereocenters. The highest BCUT2D eigenvalue weighted by molar-refractivity contribution is 6.04. The molecular formula is C15H19N3O3. The molecule has 1 amide bonds. The minimum Gasteiger partial charge on any atom is -0.389 e. The number of carbonyl (C=O) groups is 1. The molecule has 0 bridgehead atoms. The molecular weight excluding hydrogens is 270 g/mol. The topological polar surface area (TPSA) is 87.2 Å². The van der Waals surface area contributed by atoms with Crippen LogP contribution in [-0.2, 0) is 4.74 Å². The third-order valence-electron chi connectivity index (χ3n) is 3.54. The number of hydrogen-bond acceptors (Lipinski definition) is 4. The number of amides is 1. The van der Waals surface area contributed by atoms with Crippen LogP contribution < -0.4 is 5.32 Å². The summed E-state index contributed by atoms with van der Waals surface area (Å²) in [5.74, 6) is 0.371. The van der Waals surface area contributed by atoms with Gasteiger partial charge in [0.1, 0.15) is 0 Å². The van der Waals surface area contributed by atoms with Crippen LogP contribution in [0.2, 0.25) is 0 Å². The number of aromatic nitrogens is 2. The van der Waals surface area contributed by atoms with Crippen LogP contribution in [0.4, 0.5) is 0 Å². The van der Waals surface area contributed by atoms with E-state index >= 15 is 0 Å². The van der Waals surface area contributed by atoms with Gasteiger partial charge in [-0.15, -0.1) is 0 Å². The number of fused-ring (bicyclic) bond motifs is 1. The molecule has 1 aromatic carbocycles. The molecule has 3 N–H and O–H groups in total. The van der Waals surface area contributed by atoms with Crippen LogP contribution in [0, 0.1) is 5.92 Å². The highest BCUT2D eigenvalue weighted by Gasteiger charge is 2.21. The maximum Gasteiger partial charge on any atom is 0.272 e. The van der Waals surface area contributed by atoms with E-state index in [4.69, 9.17) is 4.74 Å². The smallest absolute Gasteiger partial charge is 0.272 e. The third-order valence-corrected chi connectivity index (χ3v) is 3.54. The number of aliphatic hydroxyl groups excluding tert-OH is 1. The van der Waals surface area contributed by atoms with E-state index in [1.165, 1.54) is 12.8 Å². The molecule has 1 heterocycles. The van der Waals surface area contributed by atoms with Crippen molar-refractivity contribution in [3.05, 3.63) is 30.0 Å². The minimum atomic E-state index is -0.696. The van der Waals surface area contributed by atoms with Crippen LogP contribution in [0.15, 0.2) is 24.3 Å². The molecule has 112 valence electrons. The van der Waals surface area contributed by atoms with Crippen LogP contribution in [-0.4, -0.2) is 47.1 Å². The molecule has 21 heavy (non-hydrogen) atoms. The normalized spacial score (nSPS) is 16.0. The van der Waals surface area contributed by atoms with Gasteiger partial charge >= 0.3 is 0 Å². The molecule has 6 nitrogen and oxygen atoms in total. The van der Waals surface area contributed by atoms with E-state index < -0.39 is 6.10 Å². The van der Waals surface area contributed by atoms with Crippen molar-refractivity contribution in [3.8, 4) is 0 Å². The van der Waals surface area contributed by atoms with E-state index in [9.17, 15) is 9.90 Å². The van der Waals surface area contributed by atoms with Gasteiger partial charge in [0.05, 0.1) is 18.2 Å². The number of H-pyrrole nitrogens is 1. The standard InChI is InChI=1S/C15H19N3O3/c19-11(9-21-8-10-5-6-10)7-16-15(20)14-12-3-1-2-4-13(12)17-18-14/h1-4,10-11,19H,5-9H2,(H,16,20)(H,17,18). The van der Waals surface area contributed by atoms with Gasteiger partial charge in [-0.05, 0) is 24.8 Å². The van der Waals surface area contributed by atoms with Gasteiger partial charge < -0.3 is 15.2 Å². The predicted octanol–water partition coefficient (Wildman–Crippen LogP) is 1.08. The summed E-state index contributed by atoms with van der Waals surface area (Å²) in [4.78, 5) is 12.1. The number of aromatic amines is 1. The van der Waals surface area contributed by atoms with E-state index in [1.54, 1.807) is 0 Å². The molecule has 0 saturated heterocycles. The Morgan fingerprint density at radius 3 is 3.10 bits per heavy atom. The number of aliphatic hydroxyl groups is 1. The van der Waals surface area contributed by atoms with Crippen LogP contribution in [0.25, 0.3) is 10.9 Å². The average Bonchev–Trinajstić information content (AvgIpc) is 3.21. The summed E-state index contributed by atoms with van der Waals surface area (Å²) in [6.07, 6.45) is 1.75. The first-order valence-corrected chi connectivity index (χ1v) is 7.21. The first kappa shape index (κ1) is 14.0. The van der Waals surface area contributed by atoms with Crippen molar-refractivity contribution >= 4 is 16.8 Å². The molecule has 3 rings (SSSR count).